The number of methoxy groups -OCH3 is 1. The summed E-state index contributed by atoms with van der Waals surface area (Å²) >= 11 is 0. The first-order chi connectivity index (χ1) is 13.4. The van der Waals surface area contributed by atoms with Crippen LogP contribution in [0.25, 0.3) is 0 Å². The van der Waals surface area contributed by atoms with Gasteiger partial charge in [0.25, 0.3) is 0 Å². The number of hydrogen-bond donors (Lipinski definition) is 0. The number of carbonyl (C=O) groups excluding carboxylic acids is 1. The van der Waals surface area contributed by atoms with Gasteiger partial charge in [-0.1, -0.05) is 24.3 Å². The van der Waals surface area contributed by atoms with Crippen molar-refractivity contribution in [2.45, 2.75) is 23.5 Å². The number of rotatable bonds is 5. The van der Waals surface area contributed by atoms with E-state index < -0.39 is 34.0 Å². The van der Waals surface area contributed by atoms with Crippen LogP contribution >= 0.6 is 0 Å². The highest BCUT2D eigenvalue weighted by atomic mass is 32.2. The average molecular weight is 404 g/mol. The Balaban J connectivity index is 1.95. The molecule has 3 rings (SSSR count). The Hall–Kier alpha value is -2.96. The first-order valence-electron chi connectivity index (χ1n) is 8.38. The van der Waals surface area contributed by atoms with Gasteiger partial charge < -0.3 is 9.47 Å². The van der Waals surface area contributed by atoms with Crippen LogP contribution in [0.3, 0.4) is 0 Å². The molecule has 0 amide bonds. The molecular weight excluding hydrogens is 387 g/mol. The number of nitrogens with zero attached hydrogens (tertiary/aromatic N) is 2. The lowest BCUT2D eigenvalue weighted by Crippen LogP contribution is -2.41. The third-order valence-corrected chi connectivity index (χ3v) is 6.35. The summed E-state index contributed by atoms with van der Waals surface area (Å²) in [6.45, 7) is -0.184. The van der Waals surface area contributed by atoms with Crippen LogP contribution < -0.4 is 4.74 Å². The van der Waals surface area contributed by atoms with E-state index in [9.17, 15) is 22.9 Å². The fourth-order valence-corrected chi connectivity index (χ4v) is 4.86. The number of benzene rings is 2. The lowest BCUT2D eigenvalue weighted by atomic mass is 10.2. The molecular formula is C19H17FN2O5S. The molecule has 2 atom stereocenters. The molecule has 0 saturated carbocycles. The second-order valence-electron chi connectivity index (χ2n) is 6.13. The molecule has 7 nitrogen and oxygen atoms in total. The summed E-state index contributed by atoms with van der Waals surface area (Å²) in [4.78, 5) is 12.0. The van der Waals surface area contributed by atoms with Crippen molar-refractivity contribution in [1.82, 2.24) is 4.31 Å². The summed E-state index contributed by atoms with van der Waals surface area (Å²) in [5, 5.41) is 9.23. The summed E-state index contributed by atoms with van der Waals surface area (Å²) in [6.07, 6.45) is -0.764. The van der Waals surface area contributed by atoms with Gasteiger partial charge in [-0.05, 0) is 24.3 Å². The number of nitriles is 1. The van der Waals surface area contributed by atoms with Gasteiger partial charge in [-0.3, -0.25) is 4.79 Å². The number of para-hydroxylation sites is 1. The van der Waals surface area contributed by atoms with Crippen molar-refractivity contribution in [2.24, 2.45) is 0 Å². The lowest BCUT2D eigenvalue weighted by molar-refractivity contribution is -0.144. The third-order valence-electron chi connectivity index (χ3n) is 4.42. The summed E-state index contributed by atoms with van der Waals surface area (Å²) < 4.78 is 51.4. The number of halogens is 1. The van der Waals surface area contributed by atoms with Crippen molar-refractivity contribution in [2.75, 3.05) is 13.7 Å². The van der Waals surface area contributed by atoms with Crippen molar-refractivity contribution in [3.63, 3.8) is 0 Å². The van der Waals surface area contributed by atoms with Crippen LogP contribution in [-0.2, 0) is 19.6 Å². The molecule has 1 fully saturated rings. The van der Waals surface area contributed by atoms with Crippen molar-refractivity contribution < 1.29 is 27.1 Å². The molecule has 1 saturated heterocycles. The van der Waals surface area contributed by atoms with Crippen LogP contribution in [0, 0.1) is 17.1 Å². The predicted molar refractivity (Wildman–Crippen MR) is 96.3 cm³/mol. The van der Waals surface area contributed by atoms with Gasteiger partial charge in [0.2, 0.25) is 10.0 Å². The van der Waals surface area contributed by atoms with Gasteiger partial charge in [0.05, 0.1) is 24.1 Å². The van der Waals surface area contributed by atoms with Crippen molar-refractivity contribution in [1.29, 1.82) is 5.26 Å². The molecule has 0 bridgehead atoms. The lowest BCUT2D eigenvalue weighted by Gasteiger charge is -2.22. The molecule has 146 valence electrons. The van der Waals surface area contributed by atoms with Crippen LogP contribution in [0.4, 0.5) is 4.39 Å². The van der Waals surface area contributed by atoms with Crippen molar-refractivity contribution >= 4 is 16.0 Å². The molecule has 1 aliphatic heterocycles. The number of sulfonamides is 1. The Bertz CT molecular complexity index is 1030. The minimum absolute atomic E-state index is 0.00500. The monoisotopic (exact) mass is 404 g/mol. The smallest absolute Gasteiger partial charge is 0.324 e. The SMILES string of the molecule is COC(=O)[C@H]1C[C@H](Oc2ccccc2F)CN1S(=O)(=O)c1ccccc1C#N. The summed E-state index contributed by atoms with van der Waals surface area (Å²) in [6, 6.07) is 12.1. The zero-order chi connectivity index (χ0) is 20.3. The minimum Gasteiger partial charge on any atom is -0.486 e. The van der Waals surface area contributed by atoms with E-state index in [2.05, 4.69) is 0 Å². The standard InChI is InChI=1S/C19H17FN2O5S/c1-26-19(23)16-10-14(27-17-8-4-3-7-15(17)20)12-22(16)28(24,25)18-9-5-2-6-13(18)11-21/h2-9,14,16H,10,12H2,1H3/t14-,16+/m0/s1. The molecule has 0 N–H and O–H groups in total. The third kappa shape index (κ3) is 3.69. The molecule has 0 unspecified atom stereocenters. The van der Waals surface area contributed by atoms with E-state index in [-0.39, 0.29) is 29.2 Å². The molecule has 9 heteroatoms. The van der Waals surface area contributed by atoms with Gasteiger partial charge in [0.1, 0.15) is 18.2 Å². The van der Waals surface area contributed by atoms with Gasteiger partial charge in [-0.2, -0.15) is 9.57 Å². The van der Waals surface area contributed by atoms with Crippen molar-refractivity contribution in [3.8, 4) is 11.8 Å². The van der Waals surface area contributed by atoms with Gasteiger partial charge in [0, 0.05) is 6.42 Å². The van der Waals surface area contributed by atoms with Gasteiger partial charge in [0.15, 0.2) is 11.6 Å². The molecule has 1 aliphatic rings. The molecule has 0 aromatic heterocycles. The number of hydrogen-bond acceptors (Lipinski definition) is 6. The summed E-state index contributed by atoms with van der Waals surface area (Å²) in [5.41, 5.74) is -0.0374. The Kier molecular flexibility index (Phi) is 5.63. The molecule has 2 aromatic carbocycles. The highest BCUT2D eigenvalue weighted by Gasteiger charge is 2.46. The van der Waals surface area contributed by atoms with Crippen LogP contribution in [0.5, 0.6) is 5.75 Å². The quantitative estimate of drug-likeness (QED) is 0.708. The average Bonchev–Trinajstić information content (AvgIpc) is 3.14. The van der Waals surface area contributed by atoms with E-state index in [0.717, 1.165) is 11.4 Å². The van der Waals surface area contributed by atoms with Crippen molar-refractivity contribution in [3.05, 3.63) is 59.9 Å². The molecule has 0 aliphatic carbocycles. The Labute approximate surface area is 162 Å². The van der Waals surface area contributed by atoms with E-state index in [0.29, 0.717) is 0 Å². The molecule has 28 heavy (non-hydrogen) atoms. The Morgan fingerprint density at radius 2 is 1.89 bits per heavy atom. The zero-order valence-electron chi connectivity index (χ0n) is 14.9. The van der Waals surface area contributed by atoms with Crippen LogP contribution in [0.1, 0.15) is 12.0 Å². The van der Waals surface area contributed by atoms with Gasteiger partial charge >= 0.3 is 5.97 Å². The predicted octanol–water partition coefficient (Wildman–Crippen LogP) is 2.08. The first kappa shape index (κ1) is 19.8. The second kappa shape index (κ2) is 7.96. The van der Waals surface area contributed by atoms with Gasteiger partial charge in [-0.25, -0.2) is 12.8 Å². The fraction of sp³-hybridized carbons (Fsp3) is 0.263. The topological polar surface area (TPSA) is 96.7 Å². The normalized spacial score (nSPS) is 19.8. The van der Waals surface area contributed by atoms with Crippen LogP contribution in [-0.4, -0.2) is 44.5 Å². The molecule has 1 heterocycles. The second-order valence-corrected chi connectivity index (χ2v) is 7.99. The highest BCUT2D eigenvalue weighted by Crippen LogP contribution is 2.31. The van der Waals surface area contributed by atoms with E-state index in [4.69, 9.17) is 9.47 Å². The largest absolute Gasteiger partial charge is 0.486 e. The summed E-state index contributed by atoms with van der Waals surface area (Å²) in [7, 11) is -3.03. The highest BCUT2D eigenvalue weighted by molar-refractivity contribution is 7.89. The molecule has 0 spiro atoms. The van der Waals surface area contributed by atoms with E-state index in [1.54, 1.807) is 12.1 Å². The number of esters is 1. The Morgan fingerprint density at radius 1 is 1.21 bits per heavy atom. The van der Waals surface area contributed by atoms with Gasteiger partial charge in [-0.15, -0.1) is 0 Å². The van der Waals surface area contributed by atoms with E-state index in [1.807, 2.05) is 6.07 Å². The Morgan fingerprint density at radius 3 is 2.57 bits per heavy atom. The van der Waals surface area contributed by atoms with E-state index in [1.165, 1.54) is 36.4 Å². The maximum Gasteiger partial charge on any atom is 0.324 e. The first-order valence-corrected chi connectivity index (χ1v) is 9.82. The molecule has 0 radical (unpaired) electrons. The molecule has 2 aromatic rings. The fourth-order valence-electron chi connectivity index (χ4n) is 3.10. The van der Waals surface area contributed by atoms with Crippen LogP contribution in [0.15, 0.2) is 53.4 Å². The zero-order valence-corrected chi connectivity index (χ0v) is 15.7. The minimum atomic E-state index is -4.18. The van der Waals surface area contributed by atoms with E-state index >= 15 is 0 Å². The number of ether oxygens (including phenoxy) is 2. The number of carbonyl (C=O) groups is 1. The maximum atomic E-state index is 13.9. The van der Waals surface area contributed by atoms with Crippen LogP contribution in [0.2, 0.25) is 0 Å². The maximum absolute atomic E-state index is 13.9. The summed E-state index contributed by atoms with van der Waals surface area (Å²) in [5.74, 6) is -1.38.